The second-order valence-electron chi connectivity index (χ2n) is 11.1. The van der Waals surface area contributed by atoms with E-state index in [9.17, 15) is 22.8 Å². The highest BCUT2D eigenvalue weighted by Gasteiger charge is 2.48. The zero-order chi connectivity index (χ0) is 29.8. The van der Waals surface area contributed by atoms with E-state index < -0.39 is 28.8 Å². The third-order valence-electron chi connectivity index (χ3n) is 8.56. The molecule has 0 radical (unpaired) electrons. The number of likely N-dealkylation sites (tertiary alicyclic amines) is 1. The molecule has 1 saturated heterocycles. The van der Waals surface area contributed by atoms with Crippen LogP contribution >= 0.6 is 0 Å². The normalized spacial score (nSPS) is 16.1. The van der Waals surface area contributed by atoms with Gasteiger partial charge in [0.15, 0.2) is 5.69 Å². The lowest BCUT2D eigenvalue weighted by Crippen LogP contribution is -2.48. The molecule has 4 heterocycles. The van der Waals surface area contributed by atoms with Gasteiger partial charge in [-0.15, -0.1) is 0 Å². The fourth-order valence-electron chi connectivity index (χ4n) is 6.37. The lowest BCUT2D eigenvalue weighted by Gasteiger charge is -2.40. The number of nitrogens with zero attached hydrogens (tertiary/aromatic N) is 5. The highest BCUT2D eigenvalue weighted by molar-refractivity contribution is 6.08. The van der Waals surface area contributed by atoms with Gasteiger partial charge in [-0.05, 0) is 60.9 Å². The SMILES string of the molecule is O=C(c1ccc2ncccc2c1)N1CCC2(CC1)CN(C(=O)c1cn(-c3ccccc3)nc1C(F)(F)F)c1ccccc12. The van der Waals surface area contributed by atoms with E-state index in [2.05, 4.69) is 10.1 Å². The number of rotatable bonds is 3. The van der Waals surface area contributed by atoms with Gasteiger partial charge in [0.25, 0.3) is 11.8 Å². The molecule has 7 nitrogen and oxygen atoms in total. The fourth-order valence-corrected chi connectivity index (χ4v) is 6.37. The number of carbonyl (C=O) groups is 2. The minimum atomic E-state index is -4.81. The molecular formula is C33H26F3N5O2. The molecule has 0 saturated carbocycles. The molecule has 0 bridgehead atoms. The van der Waals surface area contributed by atoms with E-state index in [4.69, 9.17) is 0 Å². The molecule has 43 heavy (non-hydrogen) atoms. The van der Waals surface area contributed by atoms with Gasteiger partial charge in [0.2, 0.25) is 0 Å². The number of alkyl halides is 3. The second kappa shape index (κ2) is 10.1. The molecule has 0 unspecified atom stereocenters. The van der Waals surface area contributed by atoms with E-state index in [-0.39, 0.29) is 12.5 Å². The van der Waals surface area contributed by atoms with E-state index >= 15 is 0 Å². The maximum atomic E-state index is 14.1. The van der Waals surface area contributed by atoms with E-state index in [1.165, 1.54) is 4.90 Å². The van der Waals surface area contributed by atoms with Gasteiger partial charge in [0, 0.05) is 54.1 Å². The van der Waals surface area contributed by atoms with E-state index in [0.717, 1.165) is 27.3 Å². The fraction of sp³-hybridized carbons (Fsp3) is 0.212. The molecule has 7 rings (SSSR count). The van der Waals surface area contributed by atoms with Crippen LogP contribution in [0.2, 0.25) is 0 Å². The van der Waals surface area contributed by atoms with Crippen molar-refractivity contribution in [2.24, 2.45) is 0 Å². The molecule has 0 N–H and O–H groups in total. The number of pyridine rings is 1. The highest BCUT2D eigenvalue weighted by atomic mass is 19.4. The van der Waals surface area contributed by atoms with E-state index in [1.54, 1.807) is 54.7 Å². The van der Waals surface area contributed by atoms with Crippen LogP contribution in [-0.4, -0.2) is 51.1 Å². The summed E-state index contributed by atoms with van der Waals surface area (Å²) in [4.78, 5) is 34.9. The van der Waals surface area contributed by atoms with Crippen LogP contribution in [0.4, 0.5) is 18.9 Å². The predicted octanol–water partition coefficient (Wildman–Crippen LogP) is 6.27. The van der Waals surface area contributed by atoms with Crippen LogP contribution in [0.5, 0.6) is 0 Å². The zero-order valence-electron chi connectivity index (χ0n) is 23.0. The number of aromatic nitrogens is 3. The first kappa shape index (κ1) is 26.9. The van der Waals surface area contributed by atoms with Crippen molar-refractivity contribution in [2.45, 2.75) is 24.4 Å². The molecule has 10 heteroatoms. The molecule has 5 aromatic rings. The van der Waals surface area contributed by atoms with Crippen molar-refractivity contribution in [2.75, 3.05) is 24.5 Å². The third-order valence-corrected chi connectivity index (χ3v) is 8.56. The van der Waals surface area contributed by atoms with Crippen LogP contribution in [0.1, 0.15) is 44.8 Å². The van der Waals surface area contributed by atoms with Crippen molar-refractivity contribution >= 4 is 28.4 Å². The second-order valence-corrected chi connectivity index (χ2v) is 11.1. The van der Waals surface area contributed by atoms with Gasteiger partial charge in [-0.2, -0.15) is 18.3 Å². The number of hydrogen-bond acceptors (Lipinski definition) is 4. The standard InChI is InChI=1S/C33H26F3N5O2/c34-33(35,36)29-25(20-41(38-29)24-8-2-1-3-9-24)31(43)40-21-32(26-10-4-5-11-28(26)40)14-17-39(18-15-32)30(42)23-12-13-27-22(19-23)7-6-16-37-27/h1-13,16,19-20H,14-15,17-18,21H2. The van der Waals surface area contributed by atoms with Gasteiger partial charge >= 0.3 is 6.18 Å². The number of halogens is 3. The Kier molecular flexibility index (Phi) is 6.30. The van der Waals surface area contributed by atoms with Crippen LogP contribution in [0.15, 0.2) is 97.3 Å². The van der Waals surface area contributed by atoms with E-state index in [1.807, 2.05) is 41.3 Å². The van der Waals surface area contributed by atoms with Crippen molar-refractivity contribution < 1.29 is 22.8 Å². The molecular weight excluding hydrogens is 555 g/mol. The number of hydrogen-bond donors (Lipinski definition) is 0. The minimum Gasteiger partial charge on any atom is -0.339 e. The van der Waals surface area contributed by atoms with Crippen molar-refractivity contribution in [1.29, 1.82) is 0 Å². The average molecular weight is 582 g/mol. The van der Waals surface area contributed by atoms with E-state index in [0.29, 0.717) is 42.9 Å². The number of carbonyl (C=O) groups excluding carboxylic acids is 2. The average Bonchev–Trinajstić information content (AvgIpc) is 3.62. The summed E-state index contributed by atoms with van der Waals surface area (Å²) in [7, 11) is 0. The van der Waals surface area contributed by atoms with Gasteiger partial charge in [0.05, 0.1) is 16.8 Å². The summed E-state index contributed by atoms with van der Waals surface area (Å²) < 4.78 is 43.5. The molecule has 1 fully saturated rings. The largest absolute Gasteiger partial charge is 0.435 e. The van der Waals surface area contributed by atoms with Gasteiger partial charge < -0.3 is 9.80 Å². The molecule has 1 spiro atoms. The number of para-hydroxylation sites is 2. The van der Waals surface area contributed by atoms with Gasteiger partial charge in [0.1, 0.15) is 0 Å². The number of anilines is 1. The summed E-state index contributed by atoms with van der Waals surface area (Å²) in [6.45, 7) is 1.14. The molecule has 216 valence electrons. The van der Waals surface area contributed by atoms with Crippen LogP contribution in [0.25, 0.3) is 16.6 Å². The topological polar surface area (TPSA) is 71.3 Å². The molecule has 3 aromatic carbocycles. The first-order chi connectivity index (χ1) is 20.7. The lowest BCUT2D eigenvalue weighted by molar-refractivity contribution is -0.141. The van der Waals surface area contributed by atoms with Crippen molar-refractivity contribution in [3.05, 3.63) is 120 Å². The Labute approximate surface area is 245 Å². The molecule has 0 atom stereocenters. The number of amides is 2. The smallest absolute Gasteiger partial charge is 0.339 e. The summed E-state index contributed by atoms with van der Waals surface area (Å²) in [6.07, 6.45) is -0.796. The van der Waals surface area contributed by atoms with Gasteiger partial charge in [-0.25, -0.2) is 4.68 Å². The van der Waals surface area contributed by atoms with Gasteiger partial charge in [-0.1, -0.05) is 42.5 Å². The van der Waals surface area contributed by atoms with Crippen molar-refractivity contribution in [1.82, 2.24) is 19.7 Å². The first-order valence-corrected chi connectivity index (χ1v) is 14.0. The number of benzene rings is 3. The summed E-state index contributed by atoms with van der Waals surface area (Å²) >= 11 is 0. The molecule has 2 amide bonds. The highest BCUT2D eigenvalue weighted by Crippen LogP contribution is 2.48. The first-order valence-electron chi connectivity index (χ1n) is 14.0. The third kappa shape index (κ3) is 4.63. The Morgan fingerprint density at radius 1 is 0.837 bits per heavy atom. The minimum absolute atomic E-state index is 0.0806. The van der Waals surface area contributed by atoms with Crippen LogP contribution in [0, 0.1) is 0 Å². The molecule has 2 aliphatic heterocycles. The summed E-state index contributed by atoms with van der Waals surface area (Å²) in [5.41, 5.74) is 1.12. The van der Waals surface area contributed by atoms with Crippen LogP contribution < -0.4 is 4.90 Å². The van der Waals surface area contributed by atoms with Crippen molar-refractivity contribution in [3.8, 4) is 5.69 Å². The molecule has 0 aliphatic carbocycles. The maximum Gasteiger partial charge on any atom is 0.435 e. The van der Waals surface area contributed by atoms with Gasteiger partial charge in [-0.3, -0.25) is 14.6 Å². The van der Waals surface area contributed by atoms with Crippen LogP contribution in [0.3, 0.4) is 0 Å². The quantitative estimate of drug-likeness (QED) is 0.252. The Morgan fingerprint density at radius 2 is 1.58 bits per heavy atom. The molecule has 2 aliphatic rings. The maximum absolute atomic E-state index is 14.1. The van der Waals surface area contributed by atoms with Crippen molar-refractivity contribution in [3.63, 3.8) is 0 Å². The Bertz CT molecular complexity index is 1860. The lowest BCUT2D eigenvalue weighted by atomic mass is 9.74. The summed E-state index contributed by atoms with van der Waals surface area (Å²) in [5, 5.41) is 4.66. The molecule has 2 aromatic heterocycles. The monoisotopic (exact) mass is 581 g/mol. The summed E-state index contributed by atoms with van der Waals surface area (Å²) in [5.74, 6) is -0.829. The Morgan fingerprint density at radius 3 is 2.35 bits per heavy atom. The Balaban J connectivity index is 1.16. The zero-order valence-corrected chi connectivity index (χ0v) is 23.0. The van der Waals surface area contributed by atoms with Crippen LogP contribution in [-0.2, 0) is 11.6 Å². The summed E-state index contributed by atoms with van der Waals surface area (Å²) in [6, 6.07) is 25.0. The predicted molar refractivity (Wildman–Crippen MR) is 155 cm³/mol. The number of fused-ring (bicyclic) bond motifs is 3. The Hall–Kier alpha value is -4.99. The number of piperidine rings is 1.